The highest BCUT2D eigenvalue weighted by Crippen LogP contribution is 2.04. The summed E-state index contributed by atoms with van der Waals surface area (Å²) in [7, 11) is 0. The molecule has 0 aromatic carbocycles. The highest BCUT2D eigenvalue weighted by atomic mass is 16.4. The second-order valence-corrected chi connectivity index (χ2v) is 3.43. The van der Waals surface area contributed by atoms with Crippen LogP contribution in [-0.2, 0) is 12.8 Å². The molecular formula is C10H18N2O. The second kappa shape index (κ2) is 5.02. The first-order chi connectivity index (χ1) is 6.22. The maximum Gasteiger partial charge on any atom is 0.195 e. The van der Waals surface area contributed by atoms with Crippen molar-refractivity contribution in [3.8, 4) is 0 Å². The molecule has 0 aliphatic carbocycles. The van der Waals surface area contributed by atoms with Gasteiger partial charge in [0.2, 0.25) is 0 Å². The number of aryl methyl sites for hydroxylation is 1. The SMILES string of the molecule is CCc1cnc(CCNC(C)C)o1. The lowest BCUT2D eigenvalue weighted by molar-refractivity contribution is 0.447. The van der Waals surface area contributed by atoms with Crippen molar-refractivity contribution in [1.29, 1.82) is 0 Å². The van der Waals surface area contributed by atoms with Crippen LogP contribution in [0.15, 0.2) is 10.6 Å². The molecule has 0 amide bonds. The number of hydrogen-bond donors (Lipinski definition) is 1. The van der Waals surface area contributed by atoms with Crippen LogP contribution in [-0.4, -0.2) is 17.6 Å². The van der Waals surface area contributed by atoms with Crippen molar-refractivity contribution in [1.82, 2.24) is 10.3 Å². The first-order valence-electron chi connectivity index (χ1n) is 4.89. The van der Waals surface area contributed by atoms with Crippen LogP contribution >= 0.6 is 0 Å². The van der Waals surface area contributed by atoms with E-state index in [-0.39, 0.29) is 0 Å². The van der Waals surface area contributed by atoms with E-state index in [0.717, 1.165) is 31.0 Å². The summed E-state index contributed by atoms with van der Waals surface area (Å²) in [6.07, 6.45) is 3.60. The summed E-state index contributed by atoms with van der Waals surface area (Å²) in [6.45, 7) is 7.26. The Morgan fingerprint density at radius 2 is 2.31 bits per heavy atom. The number of oxazole rings is 1. The topological polar surface area (TPSA) is 38.1 Å². The van der Waals surface area contributed by atoms with E-state index in [1.807, 2.05) is 6.20 Å². The fourth-order valence-electron chi connectivity index (χ4n) is 1.09. The third kappa shape index (κ3) is 3.59. The smallest absolute Gasteiger partial charge is 0.195 e. The van der Waals surface area contributed by atoms with E-state index < -0.39 is 0 Å². The van der Waals surface area contributed by atoms with Crippen LogP contribution in [0.1, 0.15) is 32.4 Å². The highest BCUT2D eigenvalue weighted by Gasteiger charge is 2.01. The molecule has 3 nitrogen and oxygen atoms in total. The number of aromatic nitrogens is 1. The summed E-state index contributed by atoms with van der Waals surface area (Å²) in [5.74, 6) is 1.81. The van der Waals surface area contributed by atoms with Crippen molar-refractivity contribution < 1.29 is 4.42 Å². The molecule has 0 saturated carbocycles. The zero-order valence-electron chi connectivity index (χ0n) is 8.63. The van der Waals surface area contributed by atoms with E-state index in [0.29, 0.717) is 6.04 Å². The average molecular weight is 182 g/mol. The Bertz CT molecular complexity index is 243. The predicted molar refractivity (Wildman–Crippen MR) is 52.7 cm³/mol. The van der Waals surface area contributed by atoms with Crippen molar-refractivity contribution in [3.63, 3.8) is 0 Å². The van der Waals surface area contributed by atoms with Gasteiger partial charge in [0.05, 0.1) is 6.20 Å². The minimum absolute atomic E-state index is 0.528. The normalized spacial score (nSPS) is 11.1. The molecule has 0 saturated heterocycles. The molecule has 1 aromatic heterocycles. The van der Waals surface area contributed by atoms with Crippen LogP contribution in [0.2, 0.25) is 0 Å². The maximum atomic E-state index is 5.46. The minimum Gasteiger partial charge on any atom is -0.446 e. The standard InChI is InChI=1S/C10H18N2O/c1-4-9-7-12-10(13-9)5-6-11-8(2)3/h7-8,11H,4-6H2,1-3H3. The van der Waals surface area contributed by atoms with Gasteiger partial charge in [0.25, 0.3) is 0 Å². The molecule has 0 aliphatic rings. The Morgan fingerprint density at radius 1 is 1.54 bits per heavy atom. The fourth-order valence-corrected chi connectivity index (χ4v) is 1.09. The van der Waals surface area contributed by atoms with Crippen LogP contribution in [0.5, 0.6) is 0 Å². The summed E-state index contributed by atoms with van der Waals surface area (Å²) in [6, 6.07) is 0.528. The average Bonchev–Trinajstić information content (AvgIpc) is 2.52. The van der Waals surface area contributed by atoms with Crippen LogP contribution in [0.3, 0.4) is 0 Å². The van der Waals surface area contributed by atoms with Crippen LogP contribution < -0.4 is 5.32 Å². The zero-order chi connectivity index (χ0) is 9.68. The van der Waals surface area contributed by atoms with Gasteiger partial charge in [-0.15, -0.1) is 0 Å². The molecule has 13 heavy (non-hydrogen) atoms. The third-order valence-corrected chi connectivity index (χ3v) is 1.84. The van der Waals surface area contributed by atoms with E-state index in [1.54, 1.807) is 0 Å². The van der Waals surface area contributed by atoms with Gasteiger partial charge in [-0.25, -0.2) is 4.98 Å². The highest BCUT2D eigenvalue weighted by molar-refractivity contribution is 4.93. The van der Waals surface area contributed by atoms with E-state index in [2.05, 4.69) is 31.1 Å². The quantitative estimate of drug-likeness (QED) is 0.754. The summed E-state index contributed by atoms with van der Waals surface area (Å²) >= 11 is 0. The number of nitrogens with zero attached hydrogens (tertiary/aromatic N) is 1. The van der Waals surface area contributed by atoms with Gasteiger partial charge >= 0.3 is 0 Å². The number of hydrogen-bond acceptors (Lipinski definition) is 3. The molecule has 0 bridgehead atoms. The largest absolute Gasteiger partial charge is 0.446 e. The molecule has 1 N–H and O–H groups in total. The van der Waals surface area contributed by atoms with Crippen LogP contribution in [0.4, 0.5) is 0 Å². The Morgan fingerprint density at radius 3 is 2.85 bits per heavy atom. The van der Waals surface area contributed by atoms with E-state index in [9.17, 15) is 0 Å². The third-order valence-electron chi connectivity index (χ3n) is 1.84. The summed E-state index contributed by atoms with van der Waals surface area (Å²) in [5.41, 5.74) is 0. The molecule has 0 unspecified atom stereocenters. The minimum atomic E-state index is 0.528. The van der Waals surface area contributed by atoms with Crippen molar-refractivity contribution in [2.24, 2.45) is 0 Å². The Kier molecular flexibility index (Phi) is 3.96. The summed E-state index contributed by atoms with van der Waals surface area (Å²) < 4.78 is 5.46. The summed E-state index contributed by atoms with van der Waals surface area (Å²) in [5, 5.41) is 3.32. The van der Waals surface area contributed by atoms with Gasteiger partial charge in [0.15, 0.2) is 5.89 Å². The van der Waals surface area contributed by atoms with Crippen molar-refractivity contribution >= 4 is 0 Å². The summed E-state index contributed by atoms with van der Waals surface area (Å²) in [4.78, 5) is 4.18. The maximum absolute atomic E-state index is 5.46. The van der Waals surface area contributed by atoms with E-state index in [4.69, 9.17) is 4.42 Å². The lowest BCUT2D eigenvalue weighted by atomic mass is 10.3. The molecule has 1 heterocycles. The molecule has 1 aromatic rings. The van der Waals surface area contributed by atoms with Gasteiger partial charge < -0.3 is 9.73 Å². The number of rotatable bonds is 5. The first kappa shape index (κ1) is 10.3. The van der Waals surface area contributed by atoms with E-state index in [1.165, 1.54) is 0 Å². The molecular weight excluding hydrogens is 164 g/mol. The molecule has 0 spiro atoms. The van der Waals surface area contributed by atoms with Gasteiger partial charge in [0, 0.05) is 25.4 Å². The fraction of sp³-hybridized carbons (Fsp3) is 0.700. The molecule has 1 rings (SSSR count). The van der Waals surface area contributed by atoms with E-state index >= 15 is 0 Å². The predicted octanol–water partition coefficient (Wildman–Crippen LogP) is 1.78. The van der Waals surface area contributed by atoms with Crippen molar-refractivity contribution in [2.75, 3.05) is 6.54 Å². The monoisotopic (exact) mass is 182 g/mol. The Hall–Kier alpha value is -0.830. The number of nitrogens with one attached hydrogen (secondary N) is 1. The van der Waals surface area contributed by atoms with Crippen LogP contribution in [0, 0.1) is 0 Å². The molecule has 0 radical (unpaired) electrons. The second-order valence-electron chi connectivity index (χ2n) is 3.43. The van der Waals surface area contributed by atoms with Crippen molar-refractivity contribution in [3.05, 3.63) is 17.8 Å². The molecule has 74 valence electrons. The zero-order valence-corrected chi connectivity index (χ0v) is 8.63. The first-order valence-corrected chi connectivity index (χ1v) is 4.89. The molecule has 0 atom stereocenters. The van der Waals surface area contributed by atoms with Gasteiger partial charge in [-0.3, -0.25) is 0 Å². The molecule has 0 fully saturated rings. The van der Waals surface area contributed by atoms with Crippen molar-refractivity contribution in [2.45, 2.75) is 39.7 Å². The lowest BCUT2D eigenvalue weighted by Crippen LogP contribution is -2.24. The Balaban J connectivity index is 2.28. The van der Waals surface area contributed by atoms with Gasteiger partial charge in [0.1, 0.15) is 5.76 Å². The Labute approximate surface area is 79.5 Å². The van der Waals surface area contributed by atoms with Crippen LogP contribution in [0.25, 0.3) is 0 Å². The molecule has 0 aliphatic heterocycles. The van der Waals surface area contributed by atoms with Gasteiger partial charge in [-0.2, -0.15) is 0 Å². The molecule has 3 heteroatoms. The van der Waals surface area contributed by atoms with Gasteiger partial charge in [-0.1, -0.05) is 20.8 Å². The van der Waals surface area contributed by atoms with Gasteiger partial charge in [-0.05, 0) is 0 Å². The lowest BCUT2D eigenvalue weighted by Gasteiger charge is -2.05.